The lowest BCUT2D eigenvalue weighted by Gasteiger charge is -2.07. The summed E-state index contributed by atoms with van der Waals surface area (Å²) in [7, 11) is 3.18. The molecular formula is C19H18N2O3S. The average Bonchev–Trinajstić information content (AvgIpc) is 3.03. The molecule has 128 valence electrons. The van der Waals surface area contributed by atoms with Crippen LogP contribution in [0.2, 0.25) is 0 Å². The van der Waals surface area contributed by atoms with Crippen molar-refractivity contribution in [2.24, 2.45) is 0 Å². The summed E-state index contributed by atoms with van der Waals surface area (Å²) in [4.78, 5) is 16.7. The maximum atomic E-state index is 12.2. The number of carbonyl (C=O) groups excluding carboxylic acids is 1. The number of benzene rings is 2. The van der Waals surface area contributed by atoms with Crippen LogP contribution in [0, 0.1) is 6.92 Å². The Labute approximate surface area is 149 Å². The van der Waals surface area contributed by atoms with E-state index < -0.39 is 0 Å². The molecule has 1 aromatic heterocycles. The van der Waals surface area contributed by atoms with Crippen LogP contribution < -0.4 is 14.8 Å². The maximum absolute atomic E-state index is 12.2. The molecule has 0 radical (unpaired) electrons. The lowest BCUT2D eigenvalue weighted by Crippen LogP contribution is -2.07. The molecule has 0 aliphatic rings. The van der Waals surface area contributed by atoms with Crippen molar-refractivity contribution in [2.45, 2.75) is 6.92 Å². The number of rotatable bonds is 5. The first-order valence-electron chi connectivity index (χ1n) is 7.68. The number of nitrogens with zero attached hydrogens (tertiary/aromatic N) is 1. The Balaban J connectivity index is 1.77. The second-order valence-electron chi connectivity index (χ2n) is 5.37. The molecule has 0 aliphatic heterocycles. The third kappa shape index (κ3) is 3.80. The van der Waals surface area contributed by atoms with E-state index in [1.807, 2.05) is 31.2 Å². The Morgan fingerprint density at radius 3 is 2.76 bits per heavy atom. The van der Waals surface area contributed by atoms with Gasteiger partial charge in [0.15, 0.2) is 5.13 Å². The minimum atomic E-state index is -0.249. The number of hydrogen-bond donors (Lipinski definition) is 1. The van der Waals surface area contributed by atoms with Crippen molar-refractivity contribution in [2.75, 3.05) is 19.5 Å². The molecular weight excluding hydrogens is 336 g/mol. The van der Waals surface area contributed by atoms with Gasteiger partial charge < -0.3 is 9.47 Å². The highest BCUT2D eigenvalue weighted by Crippen LogP contribution is 2.28. The highest BCUT2D eigenvalue weighted by molar-refractivity contribution is 7.22. The van der Waals surface area contributed by atoms with E-state index in [1.165, 1.54) is 17.4 Å². The number of ether oxygens (including phenoxy) is 2. The molecule has 0 saturated carbocycles. The molecule has 0 bridgehead atoms. The Hall–Kier alpha value is -2.86. The highest BCUT2D eigenvalue weighted by atomic mass is 32.1. The zero-order chi connectivity index (χ0) is 17.8. The molecule has 3 rings (SSSR count). The van der Waals surface area contributed by atoms with Crippen LogP contribution in [0.4, 0.5) is 5.13 Å². The van der Waals surface area contributed by atoms with E-state index >= 15 is 0 Å². The molecule has 3 aromatic rings. The van der Waals surface area contributed by atoms with Crippen molar-refractivity contribution in [3.05, 3.63) is 53.6 Å². The Morgan fingerprint density at radius 1 is 1.20 bits per heavy atom. The van der Waals surface area contributed by atoms with Gasteiger partial charge in [0.25, 0.3) is 0 Å². The maximum Gasteiger partial charge on any atom is 0.250 e. The smallest absolute Gasteiger partial charge is 0.250 e. The van der Waals surface area contributed by atoms with Gasteiger partial charge in [0.2, 0.25) is 5.91 Å². The van der Waals surface area contributed by atoms with Crippen LogP contribution in [-0.4, -0.2) is 25.1 Å². The number of anilines is 1. The zero-order valence-electron chi connectivity index (χ0n) is 14.2. The van der Waals surface area contributed by atoms with Gasteiger partial charge in [0.1, 0.15) is 11.5 Å². The number of thiazole rings is 1. The van der Waals surface area contributed by atoms with Crippen LogP contribution in [0.25, 0.3) is 16.3 Å². The number of fused-ring (bicyclic) bond motifs is 1. The summed E-state index contributed by atoms with van der Waals surface area (Å²) in [6.07, 6.45) is 3.14. The van der Waals surface area contributed by atoms with E-state index in [0.29, 0.717) is 16.6 Å². The van der Waals surface area contributed by atoms with Crippen molar-refractivity contribution >= 4 is 38.7 Å². The first kappa shape index (κ1) is 17.0. The highest BCUT2D eigenvalue weighted by Gasteiger charge is 2.08. The van der Waals surface area contributed by atoms with E-state index in [1.54, 1.807) is 32.4 Å². The van der Waals surface area contributed by atoms with Gasteiger partial charge in [-0.05, 0) is 42.8 Å². The van der Waals surface area contributed by atoms with E-state index in [9.17, 15) is 4.79 Å². The molecule has 1 N–H and O–H groups in total. The lowest BCUT2D eigenvalue weighted by atomic mass is 10.1. The van der Waals surface area contributed by atoms with Crippen LogP contribution in [-0.2, 0) is 4.79 Å². The topological polar surface area (TPSA) is 60.5 Å². The summed E-state index contributed by atoms with van der Waals surface area (Å²) in [6.45, 7) is 2.00. The number of amides is 1. The molecule has 0 aliphatic carbocycles. The Morgan fingerprint density at radius 2 is 2.04 bits per heavy atom. The summed E-state index contributed by atoms with van der Waals surface area (Å²) in [5.41, 5.74) is 2.77. The number of hydrogen-bond acceptors (Lipinski definition) is 5. The molecule has 0 fully saturated rings. The van der Waals surface area contributed by atoms with Crippen molar-refractivity contribution in [3.63, 3.8) is 0 Å². The SMILES string of the molecule is COc1ccc(OC)c(/C=C/C(=O)Nc2nc3c(C)cccc3s2)c1. The van der Waals surface area contributed by atoms with Crippen LogP contribution in [0.15, 0.2) is 42.5 Å². The zero-order valence-corrected chi connectivity index (χ0v) is 15.0. The third-order valence-electron chi connectivity index (χ3n) is 3.70. The monoisotopic (exact) mass is 354 g/mol. The van der Waals surface area contributed by atoms with Gasteiger partial charge in [-0.2, -0.15) is 0 Å². The predicted octanol–water partition coefficient (Wildman–Crippen LogP) is 4.27. The molecule has 5 nitrogen and oxygen atoms in total. The van der Waals surface area contributed by atoms with E-state index in [-0.39, 0.29) is 5.91 Å². The average molecular weight is 354 g/mol. The Kier molecular flexibility index (Phi) is 5.00. The normalized spacial score (nSPS) is 11.0. The molecule has 1 heterocycles. The molecule has 0 atom stereocenters. The van der Waals surface area contributed by atoms with Gasteiger partial charge in [-0.15, -0.1) is 0 Å². The second kappa shape index (κ2) is 7.36. The Bertz CT molecular complexity index is 947. The number of carbonyl (C=O) groups is 1. The van der Waals surface area contributed by atoms with E-state index in [0.717, 1.165) is 21.3 Å². The number of methoxy groups -OCH3 is 2. The first-order chi connectivity index (χ1) is 12.1. The number of aromatic nitrogens is 1. The number of para-hydroxylation sites is 1. The minimum absolute atomic E-state index is 0.249. The third-order valence-corrected chi connectivity index (χ3v) is 4.64. The molecule has 25 heavy (non-hydrogen) atoms. The molecule has 6 heteroatoms. The predicted molar refractivity (Wildman–Crippen MR) is 102 cm³/mol. The van der Waals surface area contributed by atoms with Crippen LogP contribution in [0.5, 0.6) is 11.5 Å². The van der Waals surface area contributed by atoms with Crippen LogP contribution in [0.3, 0.4) is 0 Å². The summed E-state index contributed by atoms with van der Waals surface area (Å²) in [5, 5.41) is 3.38. The lowest BCUT2D eigenvalue weighted by molar-refractivity contribution is -0.111. The largest absolute Gasteiger partial charge is 0.497 e. The second-order valence-corrected chi connectivity index (χ2v) is 6.40. The molecule has 1 amide bonds. The number of aryl methyl sites for hydroxylation is 1. The van der Waals surface area contributed by atoms with Gasteiger partial charge in [-0.25, -0.2) is 4.98 Å². The quantitative estimate of drug-likeness (QED) is 0.695. The molecule has 2 aromatic carbocycles. The fourth-order valence-corrected chi connectivity index (χ4v) is 3.37. The van der Waals surface area contributed by atoms with Crippen molar-refractivity contribution in [1.29, 1.82) is 0 Å². The van der Waals surface area contributed by atoms with Crippen LogP contribution in [0.1, 0.15) is 11.1 Å². The van der Waals surface area contributed by atoms with Gasteiger partial charge in [0, 0.05) is 11.6 Å². The fraction of sp³-hybridized carbons (Fsp3) is 0.158. The van der Waals surface area contributed by atoms with Crippen LogP contribution >= 0.6 is 11.3 Å². The van der Waals surface area contributed by atoms with Gasteiger partial charge >= 0.3 is 0 Å². The van der Waals surface area contributed by atoms with Gasteiger partial charge in [-0.1, -0.05) is 23.5 Å². The standard InChI is InChI=1S/C19H18N2O3S/c1-12-5-4-6-16-18(12)21-19(25-16)20-17(22)10-7-13-11-14(23-2)8-9-15(13)24-3/h4-11H,1-3H3,(H,20,21,22)/b10-7+. The number of nitrogens with one attached hydrogen (secondary N) is 1. The fourth-order valence-electron chi connectivity index (χ4n) is 2.42. The molecule has 0 unspecified atom stereocenters. The molecule has 0 spiro atoms. The summed E-state index contributed by atoms with van der Waals surface area (Å²) < 4.78 is 11.6. The first-order valence-corrected chi connectivity index (χ1v) is 8.49. The van der Waals surface area contributed by atoms with Gasteiger partial charge in [0.05, 0.1) is 24.4 Å². The van der Waals surface area contributed by atoms with Crippen molar-refractivity contribution < 1.29 is 14.3 Å². The summed E-state index contributed by atoms with van der Waals surface area (Å²) >= 11 is 1.45. The summed E-state index contributed by atoms with van der Waals surface area (Å²) in [6, 6.07) is 11.4. The minimum Gasteiger partial charge on any atom is -0.497 e. The van der Waals surface area contributed by atoms with Crippen molar-refractivity contribution in [1.82, 2.24) is 4.98 Å². The van der Waals surface area contributed by atoms with Gasteiger partial charge in [-0.3, -0.25) is 10.1 Å². The van der Waals surface area contributed by atoms with E-state index in [4.69, 9.17) is 9.47 Å². The summed E-state index contributed by atoms with van der Waals surface area (Å²) in [5.74, 6) is 1.12. The van der Waals surface area contributed by atoms with E-state index in [2.05, 4.69) is 10.3 Å². The van der Waals surface area contributed by atoms with Crippen molar-refractivity contribution in [3.8, 4) is 11.5 Å². The molecule has 0 saturated heterocycles.